The first-order chi connectivity index (χ1) is 11.0. The number of carbonyl (C=O) groups excluding carboxylic acids is 2. The zero-order valence-electron chi connectivity index (χ0n) is 14.9. The molecule has 0 aliphatic heterocycles. The number of nitrogens with zero attached hydrogens (tertiary/aromatic N) is 1. The molecular weight excluding hydrogens is 288 g/mol. The maximum atomic E-state index is 12.4. The normalized spacial score (nSPS) is 11.8. The molecule has 1 N–H and O–H groups in total. The predicted molar refractivity (Wildman–Crippen MR) is 94.0 cm³/mol. The molecule has 2 amide bonds. The molecule has 1 rings (SSSR count). The minimum Gasteiger partial charge on any atom is -0.354 e. The highest BCUT2D eigenvalue weighted by Crippen LogP contribution is 2.12. The van der Waals surface area contributed by atoms with Crippen molar-refractivity contribution < 1.29 is 9.59 Å². The minimum atomic E-state index is -0.452. The van der Waals surface area contributed by atoms with Gasteiger partial charge in [-0.25, -0.2) is 0 Å². The van der Waals surface area contributed by atoms with Gasteiger partial charge in [-0.3, -0.25) is 9.59 Å². The lowest BCUT2D eigenvalue weighted by atomic mass is 10.1. The number of aryl methyl sites for hydroxylation is 1. The van der Waals surface area contributed by atoms with Crippen LogP contribution in [0.5, 0.6) is 0 Å². The van der Waals surface area contributed by atoms with Gasteiger partial charge in [0.15, 0.2) is 0 Å². The number of amides is 2. The molecule has 4 nitrogen and oxygen atoms in total. The van der Waals surface area contributed by atoms with E-state index < -0.39 is 6.04 Å². The van der Waals surface area contributed by atoms with Crippen LogP contribution >= 0.6 is 0 Å². The Hall–Kier alpha value is -1.84. The monoisotopic (exact) mass is 318 g/mol. The van der Waals surface area contributed by atoms with E-state index >= 15 is 0 Å². The third-order valence-electron chi connectivity index (χ3n) is 3.93. The molecule has 0 saturated carbocycles. The Bertz CT molecular complexity index is 497. The van der Waals surface area contributed by atoms with Crippen LogP contribution in [0, 0.1) is 6.92 Å². The van der Waals surface area contributed by atoms with E-state index in [-0.39, 0.29) is 11.8 Å². The number of benzene rings is 1. The second kappa shape index (κ2) is 10.0. The second-order valence-electron chi connectivity index (χ2n) is 6.08. The molecule has 0 aromatic heterocycles. The molecule has 0 fully saturated rings. The van der Waals surface area contributed by atoms with E-state index in [1.54, 1.807) is 4.90 Å². The Morgan fingerprint density at radius 3 is 2.35 bits per heavy atom. The van der Waals surface area contributed by atoms with Gasteiger partial charge < -0.3 is 10.2 Å². The van der Waals surface area contributed by atoms with Gasteiger partial charge in [0.2, 0.25) is 11.8 Å². The molecule has 1 aromatic carbocycles. The Morgan fingerprint density at radius 2 is 1.78 bits per heavy atom. The Kier molecular flexibility index (Phi) is 8.38. The van der Waals surface area contributed by atoms with Gasteiger partial charge in [-0.05, 0) is 32.3 Å². The van der Waals surface area contributed by atoms with Gasteiger partial charge in [-0.2, -0.15) is 0 Å². The minimum absolute atomic E-state index is 0.0335. The van der Waals surface area contributed by atoms with Gasteiger partial charge in [-0.1, -0.05) is 50.1 Å². The molecular formula is C19H30N2O2. The number of hydrogen-bond acceptors (Lipinski definition) is 2. The van der Waals surface area contributed by atoms with Crippen molar-refractivity contribution in [2.45, 2.75) is 66.0 Å². The highest BCUT2D eigenvalue weighted by atomic mass is 16.2. The molecule has 1 aromatic rings. The van der Waals surface area contributed by atoms with Crippen molar-refractivity contribution in [2.75, 3.05) is 6.54 Å². The summed E-state index contributed by atoms with van der Waals surface area (Å²) < 4.78 is 0. The van der Waals surface area contributed by atoms with Crippen molar-refractivity contribution in [1.82, 2.24) is 10.2 Å². The van der Waals surface area contributed by atoms with Gasteiger partial charge in [0.05, 0.1) is 0 Å². The number of nitrogens with one attached hydrogen (secondary N) is 1. The van der Waals surface area contributed by atoms with Crippen LogP contribution in [-0.4, -0.2) is 29.3 Å². The predicted octanol–water partition coefficient (Wildman–Crippen LogP) is 3.43. The lowest BCUT2D eigenvalue weighted by Crippen LogP contribution is -2.47. The molecule has 0 aliphatic rings. The average Bonchev–Trinajstić information content (AvgIpc) is 2.54. The van der Waals surface area contributed by atoms with Crippen molar-refractivity contribution in [1.29, 1.82) is 0 Å². The van der Waals surface area contributed by atoms with Crippen LogP contribution < -0.4 is 5.32 Å². The molecule has 0 aliphatic carbocycles. The van der Waals surface area contributed by atoms with Gasteiger partial charge in [0.25, 0.3) is 0 Å². The SMILES string of the molecule is CCCCNC(=O)[C@@H](C)N(Cc1ccc(C)cc1)C(=O)CCC. The van der Waals surface area contributed by atoms with Crippen LogP contribution in [0.3, 0.4) is 0 Å². The van der Waals surface area contributed by atoms with Crippen LogP contribution in [0.15, 0.2) is 24.3 Å². The summed E-state index contributed by atoms with van der Waals surface area (Å²) in [4.78, 5) is 26.4. The number of hydrogen-bond donors (Lipinski definition) is 1. The van der Waals surface area contributed by atoms with Gasteiger partial charge in [-0.15, -0.1) is 0 Å². The summed E-state index contributed by atoms with van der Waals surface area (Å²) in [6.45, 7) is 9.05. The average molecular weight is 318 g/mol. The maximum absolute atomic E-state index is 12.4. The lowest BCUT2D eigenvalue weighted by molar-refractivity contribution is -0.140. The maximum Gasteiger partial charge on any atom is 0.242 e. The standard InChI is InChI=1S/C19H30N2O2/c1-5-7-13-20-19(23)16(4)21(18(22)8-6-2)14-17-11-9-15(3)10-12-17/h9-12,16H,5-8,13-14H2,1-4H3,(H,20,23)/t16-/m1/s1. The number of rotatable bonds is 9. The summed E-state index contributed by atoms with van der Waals surface area (Å²) in [6.07, 6.45) is 3.25. The van der Waals surface area contributed by atoms with E-state index in [4.69, 9.17) is 0 Å². The first kappa shape index (κ1) is 19.2. The first-order valence-corrected chi connectivity index (χ1v) is 8.62. The largest absolute Gasteiger partial charge is 0.354 e. The fourth-order valence-corrected chi connectivity index (χ4v) is 2.37. The van der Waals surface area contributed by atoms with Crippen LogP contribution in [0.25, 0.3) is 0 Å². The van der Waals surface area contributed by atoms with E-state index in [1.165, 1.54) is 5.56 Å². The summed E-state index contributed by atoms with van der Waals surface area (Å²) in [7, 11) is 0. The van der Waals surface area contributed by atoms with E-state index in [0.29, 0.717) is 19.5 Å². The van der Waals surface area contributed by atoms with Crippen LogP contribution in [0.1, 0.15) is 57.6 Å². The molecule has 0 radical (unpaired) electrons. The molecule has 0 bridgehead atoms. The summed E-state index contributed by atoms with van der Waals surface area (Å²) in [5.74, 6) is -0.0405. The van der Waals surface area contributed by atoms with Crippen LogP contribution in [0.4, 0.5) is 0 Å². The number of carbonyl (C=O) groups is 2. The molecule has 23 heavy (non-hydrogen) atoms. The van der Waals surface area contributed by atoms with E-state index in [2.05, 4.69) is 12.2 Å². The molecule has 0 heterocycles. The van der Waals surface area contributed by atoms with Crippen molar-refractivity contribution >= 4 is 11.8 Å². The van der Waals surface area contributed by atoms with Crippen molar-refractivity contribution in [3.05, 3.63) is 35.4 Å². The quantitative estimate of drug-likeness (QED) is 0.709. The third-order valence-corrected chi connectivity index (χ3v) is 3.93. The van der Waals surface area contributed by atoms with E-state index in [1.807, 2.05) is 45.0 Å². The van der Waals surface area contributed by atoms with Crippen molar-refractivity contribution in [2.24, 2.45) is 0 Å². The lowest BCUT2D eigenvalue weighted by Gasteiger charge is -2.29. The first-order valence-electron chi connectivity index (χ1n) is 8.62. The van der Waals surface area contributed by atoms with E-state index in [9.17, 15) is 9.59 Å². The fraction of sp³-hybridized carbons (Fsp3) is 0.579. The summed E-state index contributed by atoms with van der Waals surface area (Å²) in [5, 5.41) is 2.92. The smallest absolute Gasteiger partial charge is 0.242 e. The summed E-state index contributed by atoms with van der Waals surface area (Å²) in [5.41, 5.74) is 2.24. The number of unbranched alkanes of at least 4 members (excludes halogenated alkanes) is 1. The molecule has 0 unspecified atom stereocenters. The van der Waals surface area contributed by atoms with Crippen LogP contribution in [0.2, 0.25) is 0 Å². The molecule has 4 heteroatoms. The zero-order chi connectivity index (χ0) is 17.2. The zero-order valence-corrected chi connectivity index (χ0v) is 14.9. The van der Waals surface area contributed by atoms with Gasteiger partial charge in [0.1, 0.15) is 6.04 Å². The van der Waals surface area contributed by atoms with Crippen molar-refractivity contribution in [3.63, 3.8) is 0 Å². The molecule has 1 atom stereocenters. The Balaban J connectivity index is 2.80. The van der Waals surface area contributed by atoms with Gasteiger partial charge in [0, 0.05) is 19.5 Å². The van der Waals surface area contributed by atoms with Crippen molar-refractivity contribution in [3.8, 4) is 0 Å². The highest BCUT2D eigenvalue weighted by molar-refractivity contribution is 5.87. The molecule has 0 saturated heterocycles. The Labute approximate surface area is 140 Å². The topological polar surface area (TPSA) is 49.4 Å². The molecule has 0 spiro atoms. The van der Waals surface area contributed by atoms with Gasteiger partial charge >= 0.3 is 0 Å². The van der Waals surface area contributed by atoms with E-state index in [0.717, 1.165) is 24.8 Å². The second-order valence-corrected chi connectivity index (χ2v) is 6.08. The highest BCUT2D eigenvalue weighted by Gasteiger charge is 2.25. The summed E-state index contributed by atoms with van der Waals surface area (Å²) in [6, 6.07) is 7.65. The summed E-state index contributed by atoms with van der Waals surface area (Å²) >= 11 is 0. The molecule has 128 valence electrons. The van der Waals surface area contributed by atoms with Crippen LogP contribution in [-0.2, 0) is 16.1 Å². The Morgan fingerprint density at radius 1 is 1.13 bits per heavy atom. The fourth-order valence-electron chi connectivity index (χ4n) is 2.37. The third kappa shape index (κ3) is 6.43.